The highest BCUT2D eigenvalue weighted by molar-refractivity contribution is 7.09. The van der Waals surface area contributed by atoms with Crippen LogP contribution in [-0.2, 0) is 13.0 Å². The third kappa shape index (κ3) is 4.19. The van der Waals surface area contributed by atoms with Crippen LogP contribution in [-0.4, -0.2) is 17.1 Å². The molecule has 0 fully saturated rings. The maximum Gasteiger partial charge on any atom is 0.335 e. The van der Waals surface area contributed by atoms with Gasteiger partial charge in [0.25, 0.3) is 0 Å². The largest absolute Gasteiger partial charge is 0.478 e. The molecule has 0 saturated carbocycles. The van der Waals surface area contributed by atoms with E-state index in [0.717, 1.165) is 18.5 Å². The van der Waals surface area contributed by atoms with Crippen LogP contribution in [0.2, 0.25) is 0 Å². The van der Waals surface area contributed by atoms with Gasteiger partial charge in [-0.25, -0.2) is 4.79 Å². The van der Waals surface area contributed by atoms with Gasteiger partial charge >= 0.3 is 5.97 Å². The van der Waals surface area contributed by atoms with Gasteiger partial charge in [-0.05, 0) is 42.5 Å². The van der Waals surface area contributed by atoms with Crippen LogP contribution in [0.4, 0.5) is 0 Å². The zero-order valence-corrected chi connectivity index (χ0v) is 11.6. The van der Waals surface area contributed by atoms with E-state index in [1.54, 1.807) is 23.5 Å². The number of carbonyl (C=O) groups is 1. The zero-order valence-electron chi connectivity index (χ0n) is 10.8. The van der Waals surface area contributed by atoms with Crippen molar-refractivity contribution >= 4 is 17.3 Å². The molecule has 1 aromatic carbocycles. The number of nitrogens with one attached hydrogen (secondary N) is 1. The van der Waals surface area contributed by atoms with Crippen LogP contribution in [0.15, 0.2) is 41.8 Å². The second kappa shape index (κ2) is 6.50. The van der Waals surface area contributed by atoms with E-state index in [1.807, 2.05) is 12.1 Å². The maximum atomic E-state index is 10.7. The molecule has 0 amide bonds. The number of aromatic carboxylic acids is 1. The number of rotatable bonds is 6. The van der Waals surface area contributed by atoms with Crippen molar-refractivity contribution in [2.45, 2.75) is 25.9 Å². The number of thiophene rings is 1. The number of carboxylic acid groups (broad SMARTS) is 1. The topological polar surface area (TPSA) is 49.3 Å². The summed E-state index contributed by atoms with van der Waals surface area (Å²) < 4.78 is 0. The van der Waals surface area contributed by atoms with E-state index in [9.17, 15) is 4.79 Å². The van der Waals surface area contributed by atoms with Crippen LogP contribution in [0, 0.1) is 0 Å². The predicted molar refractivity (Wildman–Crippen MR) is 77.7 cm³/mol. The summed E-state index contributed by atoms with van der Waals surface area (Å²) in [5.41, 5.74) is 1.43. The van der Waals surface area contributed by atoms with E-state index in [-0.39, 0.29) is 0 Å². The van der Waals surface area contributed by atoms with E-state index in [0.29, 0.717) is 11.6 Å². The first-order valence-electron chi connectivity index (χ1n) is 6.23. The first-order valence-corrected chi connectivity index (χ1v) is 7.11. The summed E-state index contributed by atoms with van der Waals surface area (Å²) in [7, 11) is 0. The summed E-state index contributed by atoms with van der Waals surface area (Å²) in [6.45, 7) is 2.91. The second-order valence-corrected chi connectivity index (χ2v) is 5.60. The molecule has 1 aromatic heterocycles. The summed E-state index contributed by atoms with van der Waals surface area (Å²) in [5.74, 6) is -0.884. The van der Waals surface area contributed by atoms with Crippen molar-refractivity contribution in [1.29, 1.82) is 0 Å². The smallest absolute Gasteiger partial charge is 0.335 e. The molecule has 0 aliphatic carbocycles. The van der Waals surface area contributed by atoms with Gasteiger partial charge in [0.1, 0.15) is 0 Å². The minimum Gasteiger partial charge on any atom is -0.478 e. The molecule has 0 spiro atoms. The van der Waals surface area contributed by atoms with Gasteiger partial charge in [-0.15, -0.1) is 11.3 Å². The third-order valence-corrected chi connectivity index (χ3v) is 3.84. The Morgan fingerprint density at radius 3 is 2.63 bits per heavy atom. The van der Waals surface area contributed by atoms with Gasteiger partial charge < -0.3 is 10.4 Å². The van der Waals surface area contributed by atoms with Crippen LogP contribution in [0.3, 0.4) is 0 Å². The molecule has 2 aromatic rings. The Morgan fingerprint density at radius 2 is 2.05 bits per heavy atom. The molecule has 1 heterocycles. The Kier molecular flexibility index (Phi) is 4.71. The maximum absolute atomic E-state index is 10.7. The number of hydrogen-bond acceptors (Lipinski definition) is 3. The van der Waals surface area contributed by atoms with Gasteiger partial charge in [0, 0.05) is 17.5 Å². The molecule has 1 unspecified atom stereocenters. The SMILES string of the molecule is CC(Cc1cccs1)NCc1ccc(C(=O)O)cc1. The second-order valence-electron chi connectivity index (χ2n) is 4.57. The minimum atomic E-state index is -0.884. The minimum absolute atomic E-state index is 0.329. The lowest BCUT2D eigenvalue weighted by molar-refractivity contribution is 0.0697. The first kappa shape index (κ1) is 13.8. The van der Waals surface area contributed by atoms with Crippen molar-refractivity contribution in [3.63, 3.8) is 0 Å². The molecule has 3 nitrogen and oxygen atoms in total. The van der Waals surface area contributed by atoms with E-state index < -0.39 is 5.97 Å². The molecule has 0 bridgehead atoms. The molecule has 1 atom stereocenters. The van der Waals surface area contributed by atoms with Gasteiger partial charge in [-0.3, -0.25) is 0 Å². The Balaban J connectivity index is 1.83. The molecule has 19 heavy (non-hydrogen) atoms. The van der Waals surface area contributed by atoms with Crippen molar-refractivity contribution in [3.05, 3.63) is 57.8 Å². The van der Waals surface area contributed by atoms with Crippen LogP contribution in [0.1, 0.15) is 27.7 Å². The molecular weight excluding hydrogens is 258 g/mol. The average Bonchev–Trinajstić information content (AvgIpc) is 2.89. The molecular formula is C15H17NO2S. The number of carboxylic acids is 1. The fraction of sp³-hybridized carbons (Fsp3) is 0.267. The van der Waals surface area contributed by atoms with E-state index in [2.05, 4.69) is 29.8 Å². The van der Waals surface area contributed by atoms with E-state index in [1.165, 1.54) is 4.88 Å². The van der Waals surface area contributed by atoms with Crippen molar-refractivity contribution in [2.75, 3.05) is 0 Å². The average molecular weight is 275 g/mol. The van der Waals surface area contributed by atoms with Crippen LogP contribution in [0.5, 0.6) is 0 Å². The summed E-state index contributed by atoms with van der Waals surface area (Å²) >= 11 is 1.77. The third-order valence-electron chi connectivity index (χ3n) is 2.94. The monoisotopic (exact) mass is 275 g/mol. The normalized spacial score (nSPS) is 12.3. The Bertz CT molecular complexity index is 520. The van der Waals surface area contributed by atoms with Crippen LogP contribution in [0.25, 0.3) is 0 Å². The predicted octanol–water partition coefficient (Wildman–Crippen LogP) is 3.17. The number of benzene rings is 1. The van der Waals surface area contributed by atoms with Gasteiger partial charge in [0.2, 0.25) is 0 Å². The summed E-state index contributed by atoms with van der Waals surface area (Å²) in [6, 6.07) is 11.6. The van der Waals surface area contributed by atoms with Crippen molar-refractivity contribution in [1.82, 2.24) is 5.32 Å². The first-order chi connectivity index (χ1) is 9.15. The highest BCUT2D eigenvalue weighted by atomic mass is 32.1. The van der Waals surface area contributed by atoms with Crippen LogP contribution >= 0.6 is 11.3 Å². The molecule has 4 heteroatoms. The highest BCUT2D eigenvalue weighted by Crippen LogP contribution is 2.11. The Morgan fingerprint density at radius 1 is 1.32 bits per heavy atom. The Hall–Kier alpha value is -1.65. The van der Waals surface area contributed by atoms with Gasteiger partial charge in [0.05, 0.1) is 5.56 Å². The lowest BCUT2D eigenvalue weighted by Crippen LogP contribution is -2.27. The summed E-state index contributed by atoms with van der Waals surface area (Å²) in [5, 5.41) is 14.4. The van der Waals surface area contributed by atoms with Gasteiger partial charge in [0.15, 0.2) is 0 Å². The zero-order chi connectivity index (χ0) is 13.7. The van der Waals surface area contributed by atoms with Gasteiger partial charge in [-0.1, -0.05) is 18.2 Å². The molecule has 0 aliphatic heterocycles. The lowest BCUT2D eigenvalue weighted by atomic mass is 10.1. The molecule has 100 valence electrons. The molecule has 0 radical (unpaired) electrons. The highest BCUT2D eigenvalue weighted by Gasteiger charge is 2.05. The van der Waals surface area contributed by atoms with Crippen molar-refractivity contribution < 1.29 is 9.90 Å². The molecule has 2 rings (SSSR count). The molecule has 0 saturated heterocycles. The fourth-order valence-electron chi connectivity index (χ4n) is 1.86. The number of hydrogen-bond donors (Lipinski definition) is 2. The van der Waals surface area contributed by atoms with E-state index in [4.69, 9.17) is 5.11 Å². The summed E-state index contributed by atoms with van der Waals surface area (Å²) in [6.07, 6.45) is 1.02. The standard InChI is InChI=1S/C15H17NO2S/c1-11(9-14-3-2-8-19-14)16-10-12-4-6-13(7-5-12)15(17)18/h2-8,11,16H,9-10H2,1H3,(H,17,18). The van der Waals surface area contributed by atoms with Crippen molar-refractivity contribution in [3.8, 4) is 0 Å². The van der Waals surface area contributed by atoms with Crippen LogP contribution < -0.4 is 5.32 Å². The molecule has 0 aliphatic rings. The fourth-order valence-corrected chi connectivity index (χ4v) is 2.70. The van der Waals surface area contributed by atoms with Crippen molar-refractivity contribution in [2.24, 2.45) is 0 Å². The summed E-state index contributed by atoms with van der Waals surface area (Å²) in [4.78, 5) is 12.1. The lowest BCUT2D eigenvalue weighted by Gasteiger charge is -2.13. The molecule has 2 N–H and O–H groups in total. The van der Waals surface area contributed by atoms with Gasteiger partial charge in [-0.2, -0.15) is 0 Å². The van der Waals surface area contributed by atoms with E-state index >= 15 is 0 Å². The Labute approximate surface area is 116 Å². The quantitative estimate of drug-likeness (QED) is 0.851.